The molecule has 0 amide bonds. The number of pyridine rings is 3. The van der Waals surface area contributed by atoms with E-state index in [2.05, 4.69) is 24.9 Å². The van der Waals surface area contributed by atoms with Gasteiger partial charge in [-0.15, -0.1) is 0 Å². The maximum Gasteiger partial charge on any atom is 0.229 e. The van der Waals surface area contributed by atoms with Crippen molar-refractivity contribution in [2.45, 2.75) is 6.92 Å². The van der Waals surface area contributed by atoms with Gasteiger partial charge in [0, 0.05) is 60.5 Å². The molecule has 3 aromatic heterocycles. The fourth-order valence-electron chi connectivity index (χ4n) is 5.12. The quantitative estimate of drug-likeness (QED) is 0.237. The molecular formula is C31H28F2N6O3S. The Labute approximate surface area is 247 Å². The fraction of sp³-hybridized carbons (Fsp3) is 0.194. The predicted molar refractivity (Wildman–Crippen MR) is 164 cm³/mol. The summed E-state index contributed by atoms with van der Waals surface area (Å²) in [5.74, 6) is -0.778. The van der Waals surface area contributed by atoms with Crippen molar-refractivity contribution in [3.8, 4) is 22.5 Å². The van der Waals surface area contributed by atoms with Gasteiger partial charge in [0.25, 0.3) is 0 Å². The Morgan fingerprint density at radius 3 is 2.44 bits per heavy atom. The van der Waals surface area contributed by atoms with Gasteiger partial charge in [-0.3, -0.25) is 9.71 Å². The van der Waals surface area contributed by atoms with Crippen LogP contribution in [0.15, 0.2) is 73.1 Å². The van der Waals surface area contributed by atoms with Gasteiger partial charge < -0.3 is 15.0 Å². The molecule has 2 aromatic carbocycles. The highest BCUT2D eigenvalue weighted by Crippen LogP contribution is 2.40. The second-order valence-corrected chi connectivity index (χ2v) is 12.0. The average molecular weight is 603 g/mol. The molecule has 1 saturated heterocycles. The van der Waals surface area contributed by atoms with E-state index in [0.717, 1.165) is 17.9 Å². The molecule has 4 heterocycles. The van der Waals surface area contributed by atoms with Gasteiger partial charge in [-0.1, -0.05) is 18.2 Å². The Kier molecular flexibility index (Phi) is 7.63. The molecule has 0 spiro atoms. The lowest BCUT2D eigenvalue weighted by atomic mass is 10.0. The first-order valence-corrected chi connectivity index (χ1v) is 15.4. The number of hydrogen-bond acceptors (Lipinski definition) is 8. The van der Waals surface area contributed by atoms with Gasteiger partial charge in [-0.2, -0.15) is 0 Å². The highest BCUT2D eigenvalue weighted by atomic mass is 32.2. The summed E-state index contributed by atoms with van der Waals surface area (Å²) < 4.78 is 61.3. The highest BCUT2D eigenvalue weighted by Gasteiger charge is 2.21. The molecule has 0 atom stereocenters. The summed E-state index contributed by atoms with van der Waals surface area (Å²) in [5, 5.41) is 3.59. The maximum absolute atomic E-state index is 15.5. The van der Waals surface area contributed by atoms with Crippen LogP contribution in [0.1, 0.15) is 5.56 Å². The summed E-state index contributed by atoms with van der Waals surface area (Å²) in [6, 6.07) is 16.2. The van der Waals surface area contributed by atoms with Gasteiger partial charge in [-0.25, -0.2) is 27.2 Å². The lowest BCUT2D eigenvalue weighted by Crippen LogP contribution is -2.36. The molecule has 0 radical (unpaired) electrons. The third-order valence-corrected chi connectivity index (χ3v) is 7.74. The summed E-state index contributed by atoms with van der Waals surface area (Å²) in [5.41, 5.74) is 4.70. The lowest BCUT2D eigenvalue weighted by molar-refractivity contribution is 0.122. The van der Waals surface area contributed by atoms with Crippen LogP contribution in [-0.2, 0) is 14.8 Å². The second-order valence-electron chi connectivity index (χ2n) is 10.2. The van der Waals surface area contributed by atoms with Crippen molar-refractivity contribution in [2.75, 3.05) is 47.5 Å². The molecule has 0 saturated carbocycles. The smallest absolute Gasteiger partial charge is 0.229 e. The third-order valence-electron chi connectivity index (χ3n) is 7.14. The van der Waals surface area contributed by atoms with E-state index in [4.69, 9.17) is 9.72 Å². The Morgan fingerprint density at radius 1 is 0.977 bits per heavy atom. The number of morpholine rings is 1. The van der Waals surface area contributed by atoms with Crippen molar-refractivity contribution < 1.29 is 21.9 Å². The van der Waals surface area contributed by atoms with E-state index in [0.29, 0.717) is 71.7 Å². The maximum atomic E-state index is 15.5. The number of anilines is 4. The van der Waals surface area contributed by atoms with Gasteiger partial charge in [0.1, 0.15) is 17.5 Å². The van der Waals surface area contributed by atoms with Crippen LogP contribution in [0.2, 0.25) is 0 Å². The zero-order valence-corrected chi connectivity index (χ0v) is 24.3. The molecule has 9 nitrogen and oxygen atoms in total. The third kappa shape index (κ3) is 6.11. The summed E-state index contributed by atoms with van der Waals surface area (Å²) >= 11 is 0. The monoisotopic (exact) mass is 602 g/mol. The predicted octanol–water partition coefficient (Wildman–Crippen LogP) is 5.90. The Bertz CT molecular complexity index is 1920. The van der Waals surface area contributed by atoms with Gasteiger partial charge in [-0.05, 0) is 36.8 Å². The molecule has 12 heteroatoms. The van der Waals surface area contributed by atoms with Crippen LogP contribution in [0.3, 0.4) is 0 Å². The molecule has 6 rings (SSSR count). The number of ether oxygens (including phenoxy) is 1. The molecule has 0 aliphatic carbocycles. The van der Waals surface area contributed by atoms with E-state index in [9.17, 15) is 12.8 Å². The van der Waals surface area contributed by atoms with Crippen LogP contribution in [0.4, 0.5) is 31.7 Å². The van der Waals surface area contributed by atoms with Crippen LogP contribution >= 0.6 is 0 Å². The van der Waals surface area contributed by atoms with E-state index < -0.39 is 21.7 Å². The molecule has 0 bridgehead atoms. The molecule has 2 N–H and O–H groups in total. The number of halogens is 2. The van der Waals surface area contributed by atoms with Crippen molar-refractivity contribution in [3.63, 3.8) is 0 Å². The normalized spacial score (nSPS) is 13.7. The average Bonchev–Trinajstić information content (AvgIpc) is 2.99. The van der Waals surface area contributed by atoms with Gasteiger partial charge in [0.2, 0.25) is 10.0 Å². The van der Waals surface area contributed by atoms with Crippen molar-refractivity contribution >= 4 is 43.8 Å². The number of sulfonamides is 1. The van der Waals surface area contributed by atoms with Crippen LogP contribution in [-0.4, -0.2) is 55.9 Å². The van der Waals surface area contributed by atoms with Crippen molar-refractivity contribution in [1.29, 1.82) is 0 Å². The summed E-state index contributed by atoms with van der Waals surface area (Å²) in [6.45, 7) is 4.27. The van der Waals surface area contributed by atoms with Crippen LogP contribution in [0.25, 0.3) is 33.4 Å². The molecule has 43 heavy (non-hydrogen) atoms. The molecule has 220 valence electrons. The van der Waals surface area contributed by atoms with E-state index in [1.165, 1.54) is 6.07 Å². The van der Waals surface area contributed by atoms with E-state index in [-0.39, 0.29) is 10.9 Å². The summed E-state index contributed by atoms with van der Waals surface area (Å²) in [7, 11) is -3.45. The zero-order valence-electron chi connectivity index (χ0n) is 23.4. The molecular weight excluding hydrogens is 574 g/mol. The molecule has 1 fully saturated rings. The van der Waals surface area contributed by atoms with Gasteiger partial charge in [0.15, 0.2) is 0 Å². The number of benzene rings is 2. The first-order chi connectivity index (χ1) is 20.7. The number of aromatic nitrogens is 3. The Morgan fingerprint density at radius 2 is 1.74 bits per heavy atom. The Balaban J connectivity index is 1.52. The lowest BCUT2D eigenvalue weighted by Gasteiger charge is -2.28. The zero-order chi connectivity index (χ0) is 30.1. The Hall–Kier alpha value is -4.68. The van der Waals surface area contributed by atoms with E-state index in [1.807, 2.05) is 19.1 Å². The summed E-state index contributed by atoms with van der Waals surface area (Å²) in [4.78, 5) is 15.9. The fourth-order valence-corrected chi connectivity index (χ4v) is 5.69. The first kappa shape index (κ1) is 28.4. The standard InChI is InChI=1S/C31H28F2N6O3S/c1-19-30(25-5-3-4-10-34-25)37-27-16-21(32)15-24(33)29(27)31(19)36-26-17-28(39-11-13-42-14-12-39)35-18-23(26)20-6-8-22(9-7-20)38-43(2,40)41/h3-10,15-18,38H,11-14H2,1-2H3,(H,35,36,37). The van der Waals surface area contributed by atoms with Gasteiger partial charge in [0.05, 0.1) is 53.1 Å². The number of nitrogens with one attached hydrogen (secondary N) is 2. The minimum Gasteiger partial charge on any atom is -0.378 e. The minimum atomic E-state index is -3.45. The molecule has 1 aliphatic heterocycles. The molecule has 5 aromatic rings. The largest absolute Gasteiger partial charge is 0.378 e. The van der Waals surface area contributed by atoms with Crippen LogP contribution < -0.4 is 14.9 Å². The number of rotatable bonds is 7. The first-order valence-electron chi connectivity index (χ1n) is 13.5. The van der Waals surface area contributed by atoms with Crippen LogP contribution in [0.5, 0.6) is 0 Å². The SMILES string of the molecule is Cc1c(-c2ccccn2)nc2cc(F)cc(F)c2c1Nc1cc(N2CCOCC2)ncc1-c1ccc(NS(C)(=O)=O)cc1. The number of fused-ring (bicyclic) bond motifs is 1. The van der Waals surface area contributed by atoms with Crippen molar-refractivity contribution in [2.24, 2.45) is 0 Å². The summed E-state index contributed by atoms with van der Waals surface area (Å²) in [6.07, 6.45) is 4.45. The van der Waals surface area contributed by atoms with Crippen LogP contribution in [0, 0.1) is 18.6 Å². The van der Waals surface area contributed by atoms with E-state index >= 15 is 4.39 Å². The van der Waals surface area contributed by atoms with Gasteiger partial charge >= 0.3 is 0 Å². The van der Waals surface area contributed by atoms with E-state index in [1.54, 1.807) is 48.8 Å². The molecule has 1 aliphatic rings. The topological polar surface area (TPSA) is 109 Å². The van der Waals surface area contributed by atoms with Crippen molar-refractivity contribution in [3.05, 3.63) is 90.3 Å². The second kappa shape index (κ2) is 11.5. The van der Waals surface area contributed by atoms with Crippen molar-refractivity contribution in [1.82, 2.24) is 15.0 Å². The minimum absolute atomic E-state index is 0.141. The highest BCUT2D eigenvalue weighted by molar-refractivity contribution is 7.92. The number of hydrogen-bond donors (Lipinski definition) is 2. The number of nitrogens with zero attached hydrogens (tertiary/aromatic N) is 4. The molecule has 0 unspecified atom stereocenters.